The molecular formula is C11H17N3. The van der Waals surface area contributed by atoms with E-state index in [-0.39, 0.29) is 0 Å². The molecule has 0 radical (unpaired) electrons. The molecule has 1 aromatic heterocycles. The van der Waals surface area contributed by atoms with E-state index in [0.717, 1.165) is 18.4 Å². The number of hydrogen-bond acceptors (Lipinski definition) is 3. The summed E-state index contributed by atoms with van der Waals surface area (Å²) in [6.45, 7) is 1.03. The van der Waals surface area contributed by atoms with Crippen molar-refractivity contribution in [2.45, 2.75) is 25.4 Å². The van der Waals surface area contributed by atoms with Crippen LogP contribution in [0.25, 0.3) is 0 Å². The summed E-state index contributed by atoms with van der Waals surface area (Å²) in [7, 11) is 4.09. The quantitative estimate of drug-likeness (QED) is 0.785. The number of nitrogens with one attached hydrogen (secondary N) is 1. The predicted molar refractivity (Wildman–Crippen MR) is 58.3 cm³/mol. The van der Waals surface area contributed by atoms with Crippen molar-refractivity contribution >= 4 is 5.82 Å². The number of rotatable bonds is 4. The summed E-state index contributed by atoms with van der Waals surface area (Å²) in [5.74, 6) is 0.951. The third-order valence-corrected chi connectivity index (χ3v) is 2.68. The molecule has 0 amide bonds. The van der Waals surface area contributed by atoms with E-state index in [1.807, 2.05) is 13.2 Å². The Bertz CT molecular complexity index is 307. The van der Waals surface area contributed by atoms with E-state index in [1.54, 1.807) is 0 Å². The summed E-state index contributed by atoms with van der Waals surface area (Å²) < 4.78 is 0. The maximum absolute atomic E-state index is 4.20. The number of aromatic nitrogens is 1. The first-order valence-corrected chi connectivity index (χ1v) is 5.12. The third kappa shape index (κ3) is 2.23. The molecule has 0 atom stereocenters. The summed E-state index contributed by atoms with van der Waals surface area (Å²) in [4.78, 5) is 6.61. The lowest BCUT2D eigenvalue weighted by Crippen LogP contribution is -2.19. The van der Waals surface area contributed by atoms with Crippen LogP contribution in [0, 0.1) is 0 Å². The third-order valence-electron chi connectivity index (χ3n) is 2.68. The van der Waals surface area contributed by atoms with Crippen LogP contribution in [0.5, 0.6) is 0 Å². The largest absolute Gasteiger partial charge is 0.373 e. The van der Waals surface area contributed by atoms with Crippen LogP contribution in [0.4, 0.5) is 5.82 Å². The predicted octanol–water partition coefficient (Wildman–Crippen LogP) is 1.72. The Hall–Kier alpha value is -1.09. The van der Waals surface area contributed by atoms with Crippen molar-refractivity contribution in [3.63, 3.8) is 0 Å². The molecule has 0 unspecified atom stereocenters. The average Bonchev–Trinajstić information content (AvgIpc) is 3.01. The maximum Gasteiger partial charge on any atom is 0.125 e. The van der Waals surface area contributed by atoms with Crippen molar-refractivity contribution in [3.8, 4) is 0 Å². The van der Waals surface area contributed by atoms with Gasteiger partial charge in [-0.3, -0.25) is 4.90 Å². The Morgan fingerprint density at radius 3 is 3.00 bits per heavy atom. The Kier molecular flexibility index (Phi) is 2.68. The first kappa shape index (κ1) is 9.46. The van der Waals surface area contributed by atoms with Gasteiger partial charge in [0.1, 0.15) is 5.82 Å². The molecule has 0 aromatic carbocycles. The molecule has 1 N–H and O–H groups in total. The summed E-state index contributed by atoms with van der Waals surface area (Å²) >= 11 is 0. The zero-order valence-electron chi connectivity index (χ0n) is 8.83. The van der Waals surface area contributed by atoms with Gasteiger partial charge in [0.25, 0.3) is 0 Å². The van der Waals surface area contributed by atoms with Crippen LogP contribution >= 0.6 is 0 Å². The number of nitrogens with zero attached hydrogens (tertiary/aromatic N) is 2. The second-order valence-corrected chi connectivity index (χ2v) is 3.95. The van der Waals surface area contributed by atoms with E-state index in [9.17, 15) is 0 Å². The molecule has 0 saturated heterocycles. The van der Waals surface area contributed by atoms with Crippen LogP contribution in [-0.4, -0.2) is 30.0 Å². The number of pyridine rings is 1. The molecule has 1 aromatic rings. The smallest absolute Gasteiger partial charge is 0.125 e. The number of anilines is 1. The van der Waals surface area contributed by atoms with E-state index in [4.69, 9.17) is 0 Å². The highest BCUT2D eigenvalue weighted by Crippen LogP contribution is 2.26. The van der Waals surface area contributed by atoms with Crippen molar-refractivity contribution in [2.24, 2.45) is 0 Å². The van der Waals surface area contributed by atoms with Crippen molar-refractivity contribution in [3.05, 3.63) is 23.9 Å². The highest BCUT2D eigenvalue weighted by atomic mass is 15.1. The SMILES string of the molecule is CNc1cc(CN(C)C2CC2)ccn1. The zero-order chi connectivity index (χ0) is 9.97. The van der Waals surface area contributed by atoms with E-state index in [0.29, 0.717) is 0 Å². The van der Waals surface area contributed by atoms with Gasteiger partial charge in [0, 0.05) is 25.8 Å². The first-order chi connectivity index (χ1) is 6.79. The molecule has 0 aliphatic heterocycles. The molecule has 1 aliphatic rings. The minimum Gasteiger partial charge on any atom is -0.373 e. The van der Waals surface area contributed by atoms with Gasteiger partial charge in [-0.2, -0.15) is 0 Å². The molecule has 0 bridgehead atoms. The van der Waals surface area contributed by atoms with Crippen molar-refractivity contribution in [2.75, 3.05) is 19.4 Å². The Morgan fingerprint density at radius 1 is 1.57 bits per heavy atom. The molecule has 3 nitrogen and oxygen atoms in total. The molecular weight excluding hydrogens is 174 g/mol. The van der Waals surface area contributed by atoms with Gasteiger partial charge in [0.05, 0.1) is 0 Å². The lowest BCUT2D eigenvalue weighted by molar-refractivity contribution is 0.316. The maximum atomic E-state index is 4.20. The standard InChI is InChI=1S/C11H17N3/c1-12-11-7-9(5-6-13-11)8-14(2)10-3-4-10/h5-7,10H,3-4,8H2,1-2H3,(H,12,13). The highest BCUT2D eigenvalue weighted by molar-refractivity contribution is 5.36. The fourth-order valence-corrected chi connectivity index (χ4v) is 1.64. The van der Waals surface area contributed by atoms with E-state index >= 15 is 0 Å². The summed E-state index contributed by atoms with van der Waals surface area (Å²) in [5, 5.41) is 3.06. The molecule has 1 heterocycles. The Morgan fingerprint density at radius 2 is 2.36 bits per heavy atom. The average molecular weight is 191 g/mol. The highest BCUT2D eigenvalue weighted by Gasteiger charge is 2.25. The topological polar surface area (TPSA) is 28.2 Å². The molecule has 14 heavy (non-hydrogen) atoms. The Labute approximate surface area is 85.1 Å². The van der Waals surface area contributed by atoms with Crippen LogP contribution in [-0.2, 0) is 6.54 Å². The van der Waals surface area contributed by atoms with Crippen molar-refractivity contribution < 1.29 is 0 Å². The normalized spacial score (nSPS) is 15.9. The second-order valence-electron chi connectivity index (χ2n) is 3.95. The van der Waals surface area contributed by atoms with Gasteiger partial charge in [-0.15, -0.1) is 0 Å². The summed E-state index contributed by atoms with van der Waals surface area (Å²) in [6, 6.07) is 5.01. The van der Waals surface area contributed by atoms with Crippen molar-refractivity contribution in [1.82, 2.24) is 9.88 Å². The first-order valence-electron chi connectivity index (χ1n) is 5.12. The fourth-order valence-electron chi connectivity index (χ4n) is 1.64. The van der Waals surface area contributed by atoms with E-state index < -0.39 is 0 Å². The van der Waals surface area contributed by atoms with Crippen LogP contribution in [0.2, 0.25) is 0 Å². The van der Waals surface area contributed by atoms with E-state index in [1.165, 1.54) is 18.4 Å². The van der Waals surface area contributed by atoms with Crippen LogP contribution in [0.1, 0.15) is 18.4 Å². The lowest BCUT2D eigenvalue weighted by Gasteiger charge is -2.15. The molecule has 0 spiro atoms. The van der Waals surface area contributed by atoms with Gasteiger partial charge < -0.3 is 5.32 Å². The minimum absolute atomic E-state index is 0.821. The molecule has 1 fully saturated rings. The van der Waals surface area contributed by atoms with Gasteiger partial charge in [-0.05, 0) is 37.6 Å². The molecule has 1 saturated carbocycles. The summed E-state index contributed by atoms with van der Waals surface area (Å²) in [6.07, 6.45) is 4.59. The molecule has 3 heteroatoms. The number of hydrogen-bond donors (Lipinski definition) is 1. The van der Waals surface area contributed by atoms with Gasteiger partial charge in [0.15, 0.2) is 0 Å². The molecule has 1 aliphatic carbocycles. The van der Waals surface area contributed by atoms with Gasteiger partial charge in [-0.25, -0.2) is 4.98 Å². The van der Waals surface area contributed by atoms with Crippen LogP contribution < -0.4 is 5.32 Å². The van der Waals surface area contributed by atoms with Gasteiger partial charge in [0.2, 0.25) is 0 Å². The lowest BCUT2D eigenvalue weighted by atomic mass is 10.2. The minimum atomic E-state index is 0.821. The summed E-state index contributed by atoms with van der Waals surface area (Å²) in [5.41, 5.74) is 1.33. The van der Waals surface area contributed by atoms with Crippen molar-refractivity contribution in [1.29, 1.82) is 0 Å². The second kappa shape index (κ2) is 3.96. The van der Waals surface area contributed by atoms with E-state index in [2.05, 4.69) is 34.4 Å². The zero-order valence-corrected chi connectivity index (χ0v) is 8.83. The molecule has 76 valence electrons. The fraction of sp³-hybridized carbons (Fsp3) is 0.545. The molecule has 2 rings (SSSR count). The van der Waals surface area contributed by atoms with Gasteiger partial charge >= 0.3 is 0 Å². The Balaban J connectivity index is 2.00. The van der Waals surface area contributed by atoms with Crippen LogP contribution in [0.15, 0.2) is 18.3 Å². The van der Waals surface area contributed by atoms with Gasteiger partial charge in [-0.1, -0.05) is 0 Å². The van der Waals surface area contributed by atoms with Crippen LogP contribution in [0.3, 0.4) is 0 Å². The monoisotopic (exact) mass is 191 g/mol.